The summed E-state index contributed by atoms with van der Waals surface area (Å²) in [7, 11) is 0. The lowest BCUT2D eigenvalue weighted by atomic mass is 10.0. The average molecular weight is 157 g/mol. The van der Waals surface area contributed by atoms with Crippen molar-refractivity contribution in [3.05, 3.63) is 0 Å². The van der Waals surface area contributed by atoms with Crippen LogP contribution < -0.4 is 0 Å². The quantitative estimate of drug-likeness (QED) is 0.666. The molecule has 0 aromatic carbocycles. The third-order valence-corrected chi connectivity index (χ3v) is 2.47. The second-order valence-electron chi connectivity index (χ2n) is 3.37. The lowest BCUT2D eigenvalue weighted by molar-refractivity contribution is 0.0904. The van der Waals surface area contributed by atoms with Crippen LogP contribution in [0.1, 0.15) is 32.6 Å². The molecule has 1 rings (SSSR count). The Bertz CT molecular complexity index is 104. The summed E-state index contributed by atoms with van der Waals surface area (Å²) in [6.07, 6.45) is 5.01. The summed E-state index contributed by atoms with van der Waals surface area (Å²) in [5.41, 5.74) is 0. The molecule has 1 fully saturated rings. The first kappa shape index (κ1) is 9.01. The molecule has 0 unspecified atom stereocenters. The van der Waals surface area contributed by atoms with Crippen molar-refractivity contribution in [2.75, 3.05) is 19.7 Å². The van der Waals surface area contributed by atoms with Crippen molar-refractivity contribution >= 4 is 0 Å². The fraction of sp³-hybridized carbons (Fsp3) is 1.00. The standard InChI is InChI=1S/C9H19NO/c1-2-6-10-7-4-3-5-9(10)8-11/h9,11H,2-8H2,1H3/t9-/m0/s1. The molecule has 1 aliphatic heterocycles. The van der Waals surface area contributed by atoms with Gasteiger partial charge >= 0.3 is 0 Å². The highest BCUT2D eigenvalue weighted by Gasteiger charge is 2.19. The van der Waals surface area contributed by atoms with Gasteiger partial charge in [0.1, 0.15) is 0 Å². The molecule has 2 nitrogen and oxygen atoms in total. The molecule has 1 saturated heterocycles. The maximum atomic E-state index is 9.05. The van der Waals surface area contributed by atoms with Crippen LogP contribution >= 0.6 is 0 Å². The topological polar surface area (TPSA) is 23.5 Å². The largest absolute Gasteiger partial charge is 0.395 e. The van der Waals surface area contributed by atoms with Gasteiger partial charge in [0.25, 0.3) is 0 Å². The van der Waals surface area contributed by atoms with Crippen LogP contribution in [0, 0.1) is 0 Å². The molecule has 1 heterocycles. The van der Waals surface area contributed by atoms with Gasteiger partial charge in [-0.05, 0) is 32.4 Å². The van der Waals surface area contributed by atoms with Gasteiger partial charge in [0.15, 0.2) is 0 Å². The van der Waals surface area contributed by atoms with Crippen LogP contribution in [0.4, 0.5) is 0 Å². The molecule has 1 atom stereocenters. The number of piperidine rings is 1. The number of hydrogen-bond acceptors (Lipinski definition) is 2. The minimum Gasteiger partial charge on any atom is -0.395 e. The molecule has 1 aliphatic rings. The Kier molecular flexibility index (Phi) is 3.87. The zero-order valence-electron chi connectivity index (χ0n) is 7.42. The minimum atomic E-state index is 0.347. The van der Waals surface area contributed by atoms with Crippen LogP contribution in [0.15, 0.2) is 0 Å². The molecular formula is C9H19NO. The van der Waals surface area contributed by atoms with Crippen LogP contribution in [0.25, 0.3) is 0 Å². The molecule has 0 aromatic heterocycles. The van der Waals surface area contributed by atoms with E-state index < -0.39 is 0 Å². The van der Waals surface area contributed by atoms with Gasteiger partial charge in [0, 0.05) is 6.04 Å². The number of aliphatic hydroxyl groups is 1. The molecular weight excluding hydrogens is 138 g/mol. The van der Waals surface area contributed by atoms with Crippen LogP contribution in [0.2, 0.25) is 0 Å². The highest BCUT2D eigenvalue weighted by molar-refractivity contribution is 4.75. The number of rotatable bonds is 3. The zero-order chi connectivity index (χ0) is 8.10. The Balaban J connectivity index is 2.31. The van der Waals surface area contributed by atoms with Crippen molar-refractivity contribution in [2.45, 2.75) is 38.6 Å². The highest BCUT2D eigenvalue weighted by atomic mass is 16.3. The van der Waals surface area contributed by atoms with Crippen molar-refractivity contribution in [2.24, 2.45) is 0 Å². The molecule has 0 bridgehead atoms. The average Bonchev–Trinajstić information content (AvgIpc) is 2.06. The maximum absolute atomic E-state index is 9.05. The Morgan fingerprint density at radius 2 is 2.27 bits per heavy atom. The highest BCUT2D eigenvalue weighted by Crippen LogP contribution is 2.16. The molecule has 0 radical (unpaired) electrons. The van der Waals surface area contributed by atoms with E-state index in [1.165, 1.54) is 32.2 Å². The summed E-state index contributed by atoms with van der Waals surface area (Å²) >= 11 is 0. The van der Waals surface area contributed by atoms with Gasteiger partial charge in [-0.2, -0.15) is 0 Å². The van der Waals surface area contributed by atoms with Gasteiger partial charge in [0.05, 0.1) is 6.61 Å². The van der Waals surface area contributed by atoms with Gasteiger partial charge in [0.2, 0.25) is 0 Å². The summed E-state index contributed by atoms with van der Waals surface area (Å²) in [5.74, 6) is 0. The normalized spacial score (nSPS) is 27.3. The lowest BCUT2D eigenvalue weighted by Crippen LogP contribution is -2.42. The van der Waals surface area contributed by atoms with Gasteiger partial charge in [-0.25, -0.2) is 0 Å². The van der Waals surface area contributed by atoms with Crippen molar-refractivity contribution in [3.63, 3.8) is 0 Å². The summed E-state index contributed by atoms with van der Waals surface area (Å²) in [6.45, 7) is 4.90. The fourth-order valence-electron chi connectivity index (χ4n) is 1.85. The molecule has 0 saturated carbocycles. The Morgan fingerprint density at radius 3 is 2.91 bits per heavy atom. The molecule has 1 N–H and O–H groups in total. The van der Waals surface area contributed by atoms with Gasteiger partial charge in [-0.1, -0.05) is 13.3 Å². The zero-order valence-corrected chi connectivity index (χ0v) is 7.42. The van der Waals surface area contributed by atoms with E-state index in [4.69, 9.17) is 5.11 Å². The first-order valence-electron chi connectivity index (χ1n) is 4.73. The van der Waals surface area contributed by atoms with E-state index in [9.17, 15) is 0 Å². The predicted octanol–water partition coefficient (Wildman–Crippen LogP) is 1.24. The van der Waals surface area contributed by atoms with Crippen molar-refractivity contribution in [3.8, 4) is 0 Å². The molecule has 66 valence electrons. The first-order valence-corrected chi connectivity index (χ1v) is 4.73. The van der Waals surface area contributed by atoms with E-state index in [-0.39, 0.29) is 0 Å². The number of nitrogens with zero attached hydrogens (tertiary/aromatic N) is 1. The maximum Gasteiger partial charge on any atom is 0.0586 e. The van der Waals surface area contributed by atoms with Crippen LogP contribution in [-0.4, -0.2) is 35.7 Å². The van der Waals surface area contributed by atoms with Gasteiger partial charge in [-0.3, -0.25) is 4.90 Å². The van der Waals surface area contributed by atoms with E-state index >= 15 is 0 Å². The second-order valence-corrected chi connectivity index (χ2v) is 3.37. The van der Waals surface area contributed by atoms with Crippen molar-refractivity contribution in [1.29, 1.82) is 0 Å². The third kappa shape index (κ3) is 2.46. The molecule has 0 aromatic rings. The van der Waals surface area contributed by atoms with Crippen LogP contribution in [0.3, 0.4) is 0 Å². The van der Waals surface area contributed by atoms with Gasteiger partial charge < -0.3 is 5.11 Å². The van der Waals surface area contributed by atoms with Crippen LogP contribution in [0.5, 0.6) is 0 Å². The smallest absolute Gasteiger partial charge is 0.0586 e. The Morgan fingerprint density at radius 1 is 1.45 bits per heavy atom. The predicted molar refractivity (Wildman–Crippen MR) is 46.6 cm³/mol. The molecule has 0 amide bonds. The van der Waals surface area contributed by atoms with E-state index in [1.54, 1.807) is 0 Å². The summed E-state index contributed by atoms with van der Waals surface area (Å²) in [4.78, 5) is 2.42. The summed E-state index contributed by atoms with van der Waals surface area (Å²) in [5, 5.41) is 9.05. The first-order chi connectivity index (χ1) is 5.38. The summed E-state index contributed by atoms with van der Waals surface area (Å²) < 4.78 is 0. The molecule has 2 heteroatoms. The van der Waals surface area contributed by atoms with E-state index in [2.05, 4.69) is 11.8 Å². The second kappa shape index (κ2) is 4.73. The Hall–Kier alpha value is -0.0800. The van der Waals surface area contributed by atoms with Crippen LogP contribution in [-0.2, 0) is 0 Å². The van der Waals surface area contributed by atoms with Crippen molar-refractivity contribution in [1.82, 2.24) is 4.90 Å². The Labute approximate surface area is 69.2 Å². The lowest BCUT2D eigenvalue weighted by Gasteiger charge is -2.34. The van der Waals surface area contributed by atoms with E-state index in [0.29, 0.717) is 12.6 Å². The molecule has 0 aliphatic carbocycles. The molecule has 11 heavy (non-hydrogen) atoms. The molecule has 0 spiro atoms. The summed E-state index contributed by atoms with van der Waals surface area (Å²) in [6, 6.07) is 0.462. The number of aliphatic hydroxyl groups excluding tert-OH is 1. The third-order valence-electron chi connectivity index (χ3n) is 2.47. The fourth-order valence-corrected chi connectivity index (χ4v) is 1.85. The number of likely N-dealkylation sites (tertiary alicyclic amines) is 1. The number of hydrogen-bond donors (Lipinski definition) is 1. The van der Waals surface area contributed by atoms with E-state index in [0.717, 1.165) is 6.54 Å². The van der Waals surface area contributed by atoms with Crippen molar-refractivity contribution < 1.29 is 5.11 Å². The minimum absolute atomic E-state index is 0.347. The van der Waals surface area contributed by atoms with E-state index in [1.807, 2.05) is 0 Å². The van der Waals surface area contributed by atoms with Gasteiger partial charge in [-0.15, -0.1) is 0 Å². The SMILES string of the molecule is CCCN1CCCC[C@H]1CO. The monoisotopic (exact) mass is 157 g/mol.